The van der Waals surface area contributed by atoms with E-state index in [0.29, 0.717) is 0 Å². The quantitative estimate of drug-likeness (QED) is 0.206. The molecule has 3 aliphatic rings. The third-order valence-corrected chi connectivity index (χ3v) is 12.1. The van der Waals surface area contributed by atoms with Crippen LogP contribution in [0.25, 0.3) is 20.2 Å². The lowest BCUT2D eigenvalue weighted by atomic mass is 9.60. The summed E-state index contributed by atoms with van der Waals surface area (Å²) in [5.74, 6) is 0. The van der Waals surface area contributed by atoms with Crippen LogP contribution in [0.3, 0.4) is 0 Å². The average Bonchev–Trinajstić information content (AvgIpc) is 3.62. The van der Waals surface area contributed by atoms with E-state index in [9.17, 15) is 4.79 Å². The second kappa shape index (κ2) is 7.63. The molecule has 0 saturated heterocycles. The third kappa shape index (κ3) is 2.86. The van der Waals surface area contributed by atoms with E-state index in [0.717, 1.165) is 16.0 Å². The van der Waals surface area contributed by atoms with Crippen molar-refractivity contribution in [3.63, 3.8) is 0 Å². The van der Waals surface area contributed by atoms with Gasteiger partial charge < -0.3 is 4.90 Å². The van der Waals surface area contributed by atoms with Crippen molar-refractivity contribution >= 4 is 46.0 Å². The standard InChI is InChI=1S/C36H31NOS2/c1-34(2)22-9-7-11-24-31(22)37-32-23(34)10-8-12-25(32)36(5,6)27-18-20(17-26(33(27)37)35(24,3)4)28-15-16-30(40-28)29-14-13-21(19-38)39-29/h7-19H,1-6H3. The van der Waals surface area contributed by atoms with Crippen molar-refractivity contribution in [2.45, 2.75) is 57.8 Å². The molecule has 0 aliphatic carbocycles. The fourth-order valence-corrected chi connectivity index (χ4v) is 9.41. The molecule has 40 heavy (non-hydrogen) atoms. The van der Waals surface area contributed by atoms with Crippen molar-refractivity contribution in [1.29, 1.82) is 0 Å². The summed E-state index contributed by atoms with van der Waals surface area (Å²) in [7, 11) is 0. The molecule has 0 saturated carbocycles. The molecule has 4 heteroatoms. The molecule has 0 amide bonds. The van der Waals surface area contributed by atoms with Gasteiger partial charge in [-0.15, -0.1) is 22.7 Å². The van der Waals surface area contributed by atoms with Crippen molar-refractivity contribution in [3.8, 4) is 20.2 Å². The predicted molar refractivity (Wildman–Crippen MR) is 170 cm³/mol. The maximum absolute atomic E-state index is 11.3. The summed E-state index contributed by atoms with van der Waals surface area (Å²) in [4.78, 5) is 18.3. The van der Waals surface area contributed by atoms with Crippen LogP contribution in [-0.2, 0) is 16.2 Å². The van der Waals surface area contributed by atoms with Gasteiger partial charge >= 0.3 is 0 Å². The molecule has 0 spiro atoms. The number of hydrogen-bond donors (Lipinski definition) is 0. The highest BCUT2D eigenvalue weighted by atomic mass is 32.1. The fraction of sp³-hybridized carbons (Fsp3) is 0.250. The topological polar surface area (TPSA) is 20.3 Å². The molecule has 3 aromatic carbocycles. The van der Waals surface area contributed by atoms with E-state index in [-0.39, 0.29) is 16.2 Å². The van der Waals surface area contributed by atoms with Crippen LogP contribution in [0.1, 0.15) is 84.6 Å². The minimum Gasteiger partial charge on any atom is -0.309 e. The van der Waals surface area contributed by atoms with Gasteiger partial charge in [0.2, 0.25) is 0 Å². The van der Waals surface area contributed by atoms with E-state index in [1.165, 1.54) is 65.8 Å². The lowest BCUT2D eigenvalue weighted by Crippen LogP contribution is -2.43. The Morgan fingerprint density at radius 2 is 0.975 bits per heavy atom. The number of rotatable bonds is 3. The first-order chi connectivity index (χ1) is 19.0. The van der Waals surface area contributed by atoms with Crippen molar-refractivity contribution in [1.82, 2.24) is 0 Å². The van der Waals surface area contributed by atoms with Crippen LogP contribution in [0.5, 0.6) is 0 Å². The van der Waals surface area contributed by atoms with Crippen LogP contribution >= 0.6 is 22.7 Å². The molecule has 0 bridgehead atoms. The SMILES string of the molecule is CC1(C)c2cccc3c2N2c4c1cccc4C(C)(C)c1cc(-c4ccc(-c5ccc(C=O)s5)s4)cc(c12)C3(C)C. The molecule has 0 unspecified atom stereocenters. The summed E-state index contributed by atoms with van der Waals surface area (Å²) in [6.45, 7) is 14.4. The Labute approximate surface area is 243 Å². The molecule has 198 valence electrons. The minimum absolute atomic E-state index is 0.0762. The number of carbonyl (C=O) groups is 1. The van der Waals surface area contributed by atoms with E-state index in [4.69, 9.17) is 0 Å². The maximum Gasteiger partial charge on any atom is 0.160 e. The second-order valence-electron chi connectivity index (χ2n) is 13.0. The van der Waals surface area contributed by atoms with Crippen LogP contribution in [0, 0.1) is 0 Å². The van der Waals surface area contributed by atoms with Crippen LogP contribution in [0.4, 0.5) is 17.1 Å². The van der Waals surface area contributed by atoms with Crippen molar-refractivity contribution in [2.24, 2.45) is 0 Å². The number of thiophene rings is 2. The third-order valence-electron chi connectivity index (χ3n) is 9.77. The van der Waals surface area contributed by atoms with Gasteiger partial charge in [0.25, 0.3) is 0 Å². The monoisotopic (exact) mass is 557 g/mol. The smallest absolute Gasteiger partial charge is 0.160 e. The van der Waals surface area contributed by atoms with Crippen molar-refractivity contribution in [3.05, 3.63) is 111 Å². The first kappa shape index (κ1) is 24.3. The molecule has 5 heterocycles. The molecule has 0 N–H and O–H groups in total. The Balaban J connectivity index is 1.42. The van der Waals surface area contributed by atoms with Crippen LogP contribution in [0.15, 0.2) is 72.8 Å². The highest BCUT2D eigenvalue weighted by molar-refractivity contribution is 7.24. The summed E-state index contributed by atoms with van der Waals surface area (Å²) in [6, 6.07) is 27.3. The molecule has 3 aliphatic heterocycles. The van der Waals surface area contributed by atoms with Crippen molar-refractivity contribution in [2.75, 3.05) is 4.90 Å². The number of benzene rings is 3. The number of aldehydes is 1. The lowest BCUT2D eigenvalue weighted by Gasteiger charge is -2.55. The summed E-state index contributed by atoms with van der Waals surface area (Å²) < 4.78 is 0. The zero-order valence-electron chi connectivity index (χ0n) is 23.7. The van der Waals surface area contributed by atoms with E-state index in [1.54, 1.807) is 11.3 Å². The number of carbonyl (C=O) groups excluding carboxylic acids is 1. The summed E-state index contributed by atoms with van der Waals surface area (Å²) in [5, 5.41) is 0. The molecule has 0 radical (unpaired) electrons. The van der Waals surface area contributed by atoms with E-state index >= 15 is 0 Å². The Morgan fingerprint density at radius 3 is 1.48 bits per heavy atom. The van der Waals surface area contributed by atoms with Gasteiger partial charge in [-0.05, 0) is 75.3 Å². The second-order valence-corrected chi connectivity index (χ2v) is 15.2. The Hall–Kier alpha value is -3.47. The highest BCUT2D eigenvalue weighted by Gasteiger charge is 2.51. The van der Waals surface area contributed by atoms with E-state index in [2.05, 4.69) is 113 Å². The molecule has 0 atom stereocenters. The number of para-hydroxylation sites is 2. The Morgan fingerprint density at radius 1 is 0.550 bits per heavy atom. The molecule has 2 nitrogen and oxygen atoms in total. The van der Waals surface area contributed by atoms with Crippen LogP contribution in [0.2, 0.25) is 0 Å². The lowest BCUT2D eigenvalue weighted by molar-refractivity contribution is 0.112. The van der Waals surface area contributed by atoms with Gasteiger partial charge in [0.1, 0.15) is 0 Å². The van der Waals surface area contributed by atoms with Gasteiger partial charge in [-0.1, -0.05) is 77.9 Å². The maximum atomic E-state index is 11.3. The number of anilines is 3. The molecular formula is C36H31NOS2. The minimum atomic E-state index is -0.148. The zero-order chi connectivity index (χ0) is 27.8. The average molecular weight is 558 g/mol. The van der Waals surface area contributed by atoms with Gasteiger partial charge in [-0.2, -0.15) is 0 Å². The largest absolute Gasteiger partial charge is 0.309 e. The predicted octanol–water partition coefficient (Wildman–Crippen LogP) is 10.3. The van der Waals surface area contributed by atoms with Gasteiger partial charge in [0, 0.05) is 30.9 Å². The summed E-state index contributed by atoms with van der Waals surface area (Å²) >= 11 is 3.38. The molecule has 8 rings (SSSR count). The van der Waals surface area contributed by atoms with Crippen molar-refractivity contribution < 1.29 is 4.79 Å². The fourth-order valence-electron chi connectivity index (χ4n) is 7.50. The zero-order valence-corrected chi connectivity index (χ0v) is 25.3. The summed E-state index contributed by atoms with van der Waals surface area (Å²) in [5.41, 5.74) is 13.5. The Bertz CT molecular complexity index is 1820. The Kier molecular flexibility index (Phi) is 4.64. The number of nitrogens with zero attached hydrogens (tertiary/aromatic N) is 1. The first-order valence-electron chi connectivity index (χ1n) is 14.0. The highest BCUT2D eigenvalue weighted by Crippen LogP contribution is 2.66. The van der Waals surface area contributed by atoms with Gasteiger partial charge in [0.15, 0.2) is 6.29 Å². The van der Waals surface area contributed by atoms with Crippen LogP contribution < -0.4 is 4.90 Å². The van der Waals surface area contributed by atoms with Crippen LogP contribution in [-0.4, -0.2) is 6.29 Å². The van der Waals surface area contributed by atoms with Gasteiger partial charge in [0.05, 0.1) is 21.9 Å². The molecule has 0 fully saturated rings. The van der Waals surface area contributed by atoms with E-state index in [1.807, 2.05) is 17.4 Å². The molecule has 2 aromatic heterocycles. The first-order valence-corrected chi connectivity index (χ1v) is 15.6. The molecular weight excluding hydrogens is 527 g/mol. The van der Waals surface area contributed by atoms with Gasteiger partial charge in [-0.3, -0.25) is 4.79 Å². The number of hydrogen-bond acceptors (Lipinski definition) is 4. The van der Waals surface area contributed by atoms with E-state index < -0.39 is 0 Å². The summed E-state index contributed by atoms with van der Waals surface area (Å²) in [6.07, 6.45) is 0.940. The van der Waals surface area contributed by atoms with Gasteiger partial charge in [-0.25, -0.2) is 0 Å². The molecule has 5 aromatic rings. The normalized spacial score (nSPS) is 17.9.